The molecule has 0 bridgehead atoms. The SMILES string of the molecule is CC1(C)CCNC(C=O)C1. The van der Waals surface area contributed by atoms with Gasteiger partial charge in [-0.15, -0.1) is 0 Å². The van der Waals surface area contributed by atoms with Gasteiger partial charge in [0.15, 0.2) is 0 Å². The number of carbonyl (C=O) groups excluding carboxylic acids is 1. The van der Waals surface area contributed by atoms with Gasteiger partial charge in [0.05, 0.1) is 6.04 Å². The second-order valence-corrected chi connectivity index (χ2v) is 3.82. The molecule has 0 saturated carbocycles. The lowest BCUT2D eigenvalue weighted by Gasteiger charge is -2.33. The number of rotatable bonds is 1. The molecular formula is C8H15NO. The van der Waals surface area contributed by atoms with Gasteiger partial charge in [0.25, 0.3) is 0 Å². The third-order valence-electron chi connectivity index (χ3n) is 2.15. The van der Waals surface area contributed by atoms with Crippen LogP contribution in [-0.2, 0) is 4.79 Å². The van der Waals surface area contributed by atoms with Gasteiger partial charge in [0.2, 0.25) is 0 Å². The molecule has 10 heavy (non-hydrogen) atoms. The summed E-state index contributed by atoms with van der Waals surface area (Å²) in [5, 5.41) is 3.16. The van der Waals surface area contributed by atoms with Gasteiger partial charge in [-0.25, -0.2) is 0 Å². The molecule has 0 aliphatic carbocycles. The second kappa shape index (κ2) is 2.70. The quantitative estimate of drug-likeness (QED) is 0.551. The molecule has 1 aliphatic heterocycles. The first-order valence-electron chi connectivity index (χ1n) is 3.83. The normalized spacial score (nSPS) is 31.6. The zero-order chi connectivity index (χ0) is 7.61. The molecule has 1 fully saturated rings. The Bertz CT molecular complexity index is 131. The van der Waals surface area contributed by atoms with E-state index in [1.807, 2.05) is 0 Å². The molecule has 1 unspecified atom stereocenters. The van der Waals surface area contributed by atoms with E-state index in [4.69, 9.17) is 0 Å². The third-order valence-corrected chi connectivity index (χ3v) is 2.15. The third kappa shape index (κ3) is 1.81. The van der Waals surface area contributed by atoms with Crippen LogP contribution in [0.2, 0.25) is 0 Å². The number of hydrogen-bond acceptors (Lipinski definition) is 2. The van der Waals surface area contributed by atoms with E-state index >= 15 is 0 Å². The fourth-order valence-electron chi connectivity index (χ4n) is 1.46. The molecule has 2 nitrogen and oxygen atoms in total. The van der Waals surface area contributed by atoms with Crippen molar-refractivity contribution in [2.24, 2.45) is 5.41 Å². The first kappa shape index (κ1) is 7.73. The van der Waals surface area contributed by atoms with Crippen molar-refractivity contribution in [1.29, 1.82) is 0 Å². The number of hydrogen-bond donors (Lipinski definition) is 1. The van der Waals surface area contributed by atoms with Crippen molar-refractivity contribution in [3.05, 3.63) is 0 Å². The minimum atomic E-state index is 0.101. The van der Waals surface area contributed by atoms with Gasteiger partial charge in [-0.3, -0.25) is 0 Å². The summed E-state index contributed by atoms with van der Waals surface area (Å²) < 4.78 is 0. The Morgan fingerprint density at radius 3 is 2.70 bits per heavy atom. The van der Waals surface area contributed by atoms with E-state index in [0.717, 1.165) is 19.3 Å². The van der Waals surface area contributed by atoms with Crippen LogP contribution in [0.25, 0.3) is 0 Å². The molecule has 1 heterocycles. The highest BCUT2D eigenvalue weighted by Gasteiger charge is 2.26. The molecule has 0 aromatic rings. The minimum Gasteiger partial charge on any atom is -0.308 e. The highest BCUT2D eigenvalue weighted by molar-refractivity contribution is 5.57. The fraction of sp³-hybridized carbons (Fsp3) is 0.875. The van der Waals surface area contributed by atoms with Crippen molar-refractivity contribution in [1.82, 2.24) is 5.32 Å². The number of nitrogens with one attached hydrogen (secondary N) is 1. The Morgan fingerprint density at radius 1 is 1.60 bits per heavy atom. The molecule has 1 saturated heterocycles. The van der Waals surface area contributed by atoms with Gasteiger partial charge in [-0.05, 0) is 24.8 Å². The second-order valence-electron chi connectivity index (χ2n) is 3.82. The van der Waals surface area contributed by atoms with Crippen LogP contribution >= 0.6 is 0 Å². The summed E-state index contributed by atoms with van der Waals surface area (Å²) in [6.45, 7) is 5.41. The molecule has 0 radical (unpaired) electrons. The molecule has 0 spiro atoms. The van der Waals surface area contributed by atoms with E-state index < -0.39 is 0 Å². The highest BCUT2D eigenvalue weighted by Crippen LogP contribution is 2.28. The van der Waals surface area contributed by atoms with Crippen LogP contribution in [0.4, 0.5) is 0 Å². The Morgan fingerprint density at radius 2 is 2.30 bits per heavy atom. The fourth-order valence-corrected chi connectivity index (χ4v) is 1.46. The zero-order valence-electron chi connectivity index (χ0n) is 6.68. The van der Waals surface area contributed by atoms with Gasteiger partial charge < -0.3 is 10.1 Å². The highest BCUT2D eigenvalue weighted by atomic mass is 16.1. The molecule has 2 heteroatoms. The van der Waals surface area contributed by atoms with E-state index in [9.17, 15) is 4.79 Å². The molecule has 1 atom stereocenters. The maximum Gasteiger partial charge on any atom is 0.136 e. The average Bonchev–Trinajstić information content (AvgIpc) is 1.86. The molecule has 1 N–H and O–H groups in total. The lowest BCUT2D eigenvalue weighted by molar-refractivity contribution is -0.110. The van der Waals surface area contributed by atoms with Crippen molar-refractivity contribution < 1.29 is 4.79 Å². The van der Waals surface area contributed by atoms with Crippen LogP contribution in [0.3, 0.4) is 0 Å². The van der Waals surface area contributed by atoms with Crippen molar-refractivity contribution in [2.75, 3.05) is 6.54 Å². The monoisotopic (exact) mass is 141 g/mol. The molecule has 0 aromatic heterocycles. The lowest BCUT2D eigenvalue weighted by atomic mass is 9.80. The largest absolute Gasteiger partial charge is 0.308 e. The van der Waals surface area contributed by atoms with Crippen LogP contribution < -0.4 is 5.32 Å². The van der Waals surface area contributed by atoms with Gasteiger partial charge in [0.1, 0.15) is 6.29 Å². The number of piperidine rings is 1. The summed E-state index contributed by atoms with van der Waals surface area (Å²) in [4.78, 5) is 10.4. The van der Waals surface area contributed by atoms with Crippen LogP contribution in [0, 0.1) is 5.41 Å². The smallest absolute Gasteiger partial charge is 0.136 e. The van der Waals surface area contributed by atoms with Crippen LogP contribution in [0.1, 0.15) is 26.7 Å². The maximum absolute atomic E-state index is 10.4. The predicted octanol–water partition coefficient (Wildman–Crippen LogP) is 0.964. The van der Waals surface area contributed by atoms with E-state index in [0.29, 0.717) is 5.41 Å². The summed E-state index contributed by atoms with van der Waals surface area (Å²) in [5.41, 5.74) is 0.358. The summed E-state index contributed by atoms with van der Waals surface area (Å²) in [5.74, 6) is 0. The molecule has 0 aromatic carbocycles. The number of aldehydes is 1. The Labute approximate surface area is 62.0 Å². The molecule has 58 valence electrons. The Balaban J connectivity index is 2.47. The average molecular weight is 141 g/mol. The Hall–Kier alpha value is -0.370. The maximum atomic E-state index is 10.4. The topological polar surface area (TPSA) is 29.1 Å². The lowest BCUT2D eigenvalue weighted by Crippen LogP contribution is -2.42. The van der Waals surface area contributed by atoms with Crippen LogP contribution in [0.15, 0.2) is 0 Å². The molecule has 1 rings (SSSR count). The van der Waals surface area contributed by atoms with E-state index in [1.54, 1.807) is 0 Å². The molecular weight excluding hydrogens is 126 g/mol. The van der Waals surface area contributed by atoms with E-state index in [-0.39, 0.29) is 6.04 Å². The first-order valence-corrected chi connectivity index (χ1v) is 3.83. The standard InChI is InChI=1S/C8H15NO/c1-8(2)3-4-9-7(5-8)6-10/h6-7,9H,3-5H2,1-2H3. The van der Waals surface area contributed by atoms with Crippen molar-refractivity contribution in [3.8, 4) is 0 Å². The van der Waals surface area contributed by atoms with Crippen molar-refractivity contribution in [3.63, 3.8) is 0 Å². The zero-order valence-corrected chi connectivity index (χ0v) is 6.68. The summed E-state index contributed by atoms with van der Waals surface area (Å²) in [6.07, 6.45) is 3.18. The number of carbonyl (C=O) groups is 1. The van der Waals surface area contributed by atoms with Gasteiger partial charge >= 0.3 is 0 Å². The molecule has 0 amide bonds. The van der Waals surface area contributed by atoms with Crippen molar-refractivity contribution in [2.45, 2.75) is 32.7 Å². The van der Waals surface area contributed by atoms with Gasteiger partial charge in [-0.1, -0.05) is 13.8 Å². The van der Waals surface area contributed by atoms with E-state index in [2.05, 4.69) is 19.2 Å². The van der Waals surface area contributed by atoms with Crippen LogP contribution in [0.5, 0.6) is 0 Å². The summed E-state index contributed by atoms with van der Waals surface area (Å²) in [7, 11) is 0. The predicted molar refractivity (Wildman–Crippen MR) is 40.9 cm³/mol. The van der Waals surface area contributed by atoms with Crippen LogP contribution in [-0.4, -0.2) is 18.9 Å². The molecule has 1 aliphatic rings. The Kier molecular flexibility index (Phi) is 2.09. The van der Waals surface area contributed by atoms with E-state index in [1.165, 1.54) is 6.42 Å². The van der Waals surface area contributed by atoms with Gasteiger partial charge in [-0.2, -0.15) is 0 Å². The van der Waals surface area contributed by atoms with Crippen molar-refractivity contribution >= 4 is 6.29 Å². The first-order chi connectivity index (χ1) is 4.64. The van der Waals surface area contributed by atoms with Gasteiger partial charge in [0, 0.05) is 0 Å². The minimum absolute atomic E-state index is 0.101. The summed E-state index contributed by atoms with van der Waals surface area (Å²) >= 11 is 0. The summed E-state index contributed by atoms with van der Waals surface area (Å²) in [6, 6.07) is 0.101.